The molecule has 2 aliphatic rings. The topological polar surface area (TPSA) is 131 Å². The molecule has 0 saturated carbocycles. The zero-order valence-electron chi connectivity index (χ0n) is 18.6. The summed E-state index contributed by atoms with van der Waals surface area (Å²) in [5.74, 6) is 0. The molecule has 0 unspecified atom stereocenters. The number of hydrogen-bond acceptors (Lipinski definition) is 10. The first kappa shape index (κ1) is 25.3. The van der Waals surface area contributed by atoms with E-state index in [0.717, 1.165) is 39.6 Å². The summed E-state index contributed by atoms with van der Waals surface area (Å²) in [5.41, 5.74) is 3.01. The first-order valence-corrected chi connectivity index (χ1v) is 10.7. The summed E-state index contributed by atoms with van der Waals surface area (Å²) in [6.45, 7) is 7.81. The lowest BCUT2D eigenvalue weighted by molar-refractivity contribution is -0.0962. The van der Waals surface area contributed by atoms with Crippen LogP contribution in [-0.4, -0.2) is 109 Å². The van der Waals surface area contributed by atoms with E-state index in [4.69, 9.17) is 21.0 Å². The van der Waals surface area contributed by atoms with Gasteiger partial charge in [-0.05, 0) is 0 Å². The standard InChI is InChI=1S/C20H31N12/c21-4-1-9-27-15-28(10-2-5-22)17-29(16-27)11-3-8-25-26-14-32-19-30(12-6-23)18-31(20-32)13-7-24/h26H,1-3,9-20H2/q+1/p+1. The van der Waals surface area contributed by atoms with E-state index in [2.05, 4.69) is 60.3 Å². The van der Waals surface area contributed by atoms with Crippen LogP contribution in [0.15, 0.2) is 0 Å². The maximum atomic E-state index is 8.95. The second-order valence-electron chi connectivity index (χ2n) is 7.85. The zero-order chi connectivity index (χ0) is 23.0. The molecule has 0 aliphatic carbocycles. The van der Waals surface area contributed by atoms with Crippen LogP contribution in [0.3, 0.4) is 0 Å². The van der Waals surface area contributed by atoms with Crippen LogP contribution in [0.2, 0.25) is 0 Å². The molecule has 2 N–H and O–H groups in total. The molecule has 0 aromatic rings. The van der Waals surface area contributed by atoms with Crippen molar-refractivity contribution in [2.75, 3.05) is 79.4 Å². The Labute approximate surface area is 190 Å². The molecule has 0 atom stereocenters. The minimum atomic E-state index is 0.323. The fourth-order valence-corrected chi connectivity index (χ4v) is 3.77. The van der Waals surface area contributed by atoms with Crippen molar-refractivity contribution >= 4 is 0 Å². The highest BCUT2D eigenvalue weighted by Crippen LogP contribution is 2.09. The van der Waals surface area contributed by atoms with Gasteiger partial charge in [-0.15, -0.1) is 5.26 Å². The van der Waals surface area contributed by atoms with Crippen LogP contribution in [0.1, 0.15) is 19.3 Å². The van der Waals surface area contributed by atoms with Crippen molar-refractivity contribution in [2.24, 2.45) is 0 Å². The van der Waals surface area contributed by atoms with E-state index < -0.39 is 0 Å². The molecule has 2 aliphatic heterocycles. The Bertz CT molecular complexity index is 741. The van der Waals surface area contributed by atoms with Gasteiger partial charge in [0.05, 0.1) is 89.1 Å². The number of nitrogens with one attached hydrogen (secondary N) is 2. The van der Waals surface area contributed by atoms with Gasteiger partial charge < -0.3 is 0 Å². The number of rotatable bonds is 10. The average molecular weight is 441 g/mol. The molecule has 2 rings (SSSR count). The van der Waals surface area contributed by atoms with Crippen molar-refractivity contribution in [1.82, 2.24) is 34.8 Å². The summed E-state index contributed by atoms with van der Waals surface area (Å²) < 4.78 is 0. The number of hydrogen-bond donors (Lipinski definition) is 2. The molecule has 12 nitrogen and oxygen atoms in total. The molecule has 170 valence electrons. The van der Waals surface area contributed by atoms with Crippen molar-refractivity contribution < 1.29 is 5.26 Å². The third-order valence-electron chi connectivity index (χ3n) is 5.07. The van der Waals surface area contributed by atoms with Gasteiger partial charge in [-0.25, -0.2) is 0 Å². The molecule has 0 spiro atoms. The Morgan fingerprint density at radius 3 is 1.69 bits per heavy atom. The van der Waals surface area contributed by atoms with Gasteiger partial charge in [0.15, 0.2) is 0 Å². The van der Waals surface area contributed by atoms with Crippen LogP contribution in [0.25, 0.3) is 4.95 Å². The molecule has 2 saturated heterocycles. The van der Waals surface area contributed by atoms with Gasteiger partial charge in [0, 0.05) is 26.1 Å². The van der Waals surface area contributed by atoms with Crippen LogP contribution in [0, 0.1) is 46.1 Å². The van der Waals surface area contributed by atoms with E-state index in [1.807, 2.05) is 9.80 Å². The van der Waals surface area contributed by atoms with Gasteiger partial charge in [0.25, 0.3) is 6.07 Å². The third kappa shape index (κ3) is 9.43. The zero-order valence-corrected chi connectivity index (χ0v) is 18.6. The van der Waals surface area contributed by atoms with E-state index in [1.165, 1.54) is 0 Å². The molecule has 0 aromatic carbocycles. The molecular formula is C20H32N12+2. The van der Waals surface area contributed by atoms with Crippen LogP contribution in [-0.2, 0) is 0 Å². The number of nitrogens with zero attached hydrogens (tertiary/aromatic N) is 10. The molecular weight excluding hydrogens is 408 g/mol. The fraction of sp³-hybridized carbons (Fsp3) is 0.750. The van der Waals surface area contributed by atoms with Crippen molar-refractivity contribution in [1.29, 1.82) is 15.8 Å². The quantitative estimate of drug-likeness (QED) is 0.287. The second kappa shape index (κ2) is 14.9. The van der Waals surface area contributed by atoms with Gasteiger partial charge in [0.1, 0.15) is 6.67 Å². The highest BCUT2D eigenvalue weighted by atomic mass is 15.5. The molecule has 0 bridgehead atoms. The fourth-order valence-electron chi connectivity index (χ4n) is 3.77. The highest BCUT2D eigenvalue weighted by Gasteiger charge is 2.24. The lowest BCUT2D eigenvalue weighted by Gasteiger charge is -2.41. The molecule has 12 heteroatoms. The Morgan fingerprint density at radius 2 is 1.16 bits per heavy atom. The maximum Gasteiger partial charge on any atom is 0.320 e. The van der Waals surface area contributed by atoms with E-state index in [1.54, 1.807) is 0 Å². The van der Waals surface area contributed by atoms with E-state index in [0.29, 0.717) is 59.0 Å². The molecule has 0 radical (unpaired) electrons. The summed E-state index contributed by atoms with van der Waals surface area (Å²) in [5, 5.41) is 33.9. The van der Waals surface area contributed by atoms with E-state index in [-0.39, 0.29) is 0 Å². The smallest absolute Gasteiger partial charge is 0.276 e. The predicted octanol–water partition coefficient (Wildman–Crippen LogP) is -2.12. The summed E-state index contributed by atoms with van der Waals surface area (Å²) >= 11 is 0. The van der Waals surface area contributed by atoms with Gasteiger partial charge in [0.2, 0.25) is 0 Å². The van der Waals surface area contributed by atoms with Crippen LogP contribution in [0.5, 0.6) is 0 Å². The molecule has 32 heavy (non-hydrogen) atoms. The third-order valence-corrected chi connectivity index (χ3v) is 5.07. The Balaban J connectivity index is 1.74. The lowest BCUT2D eigenvalue weighted by Crippen LogP contribution is -2.56. The van der Waals surface area contributed by atoms with Gasteiger partial charge in [-0.1, -0.05) is 5.43 Å². The number of nitriles is 3. The van der Waals surface area contributed by atoms with Crippen molar-refractivity contribution in [3.8, 4) is 30.3 Å². The Hall–Kier alpha value is -2.99. The van der Waals surface area contributed by atoms with Crippen LogP contribution < -0.4 is 10.7 Å². The molecule has 0 aromatic heterocycles. The van der Waals surface area contributed by atoms with E-state index in [9.17, 15) is 0 Å². The summed E-state index contributed by atoms with van der Waals surface area (Å²) in [4.78, 5) is 17.0. The second-order valence-corrected chi connectivity index (χ2v) is 7.85. The van der Waals surface area contributed by atoms with Gasteiger partial charge in [-0.3, -0.25) is 29.4 Å². The van der Waals surface area contributed by atoms with E-state index >= 15 is 0 Å². The average Bonchev–Trinajstić information content (AvgIpc) is 2.79. The van der Waals surface area contributed by atoms with Crippen molar-refractivity contribution in [2.45, 2.75) is 19.3 Å². The first-order valence-electron chi connectivity index (χ1n) is 10.7. The summed E-state index contributed by atoms with van der Waals surface area (Å²) in [7, 11) is 0. The van der Waals surface area contributed by atoms with Crippen molar-refractivity contribution in [3.05, 3.63) is 4.95 Å². The van der Waals surface area contributed by atoms with Gasteiger partial charge in [-0.2, -0.15) is 15.8 Å². The van der Waals surface area contributed by atoms with Crippen LogP contribution >= 0.6 is 0 Å². The normalized spacial score (nSPS) is 19.1. The lowest BCUT2D eigenvalue weighted by atomic mass is 10.3. The SMILES string of the molecule is N#CCCN1CN(CCC#[NH+])CN(CCC#[N+]NCN2CN(CC#N)CN(CC#N)C2)C1. The minimum Gasteiger partial charge on any atom is -0.276 e. The predicted molar refractivity (Wildman–Crippen MR) is 115 cm³/mol. The first-order chi connectivity index (χ1) is 15.7. The van der Waals surface area contributed by atoms with Crippen LogP contribution in [0.4, 0.5) is 0 Å². The highest BCUT2D eigenvalue weighted by molar-refractivity contribution is 4.87. The minimum absolute atomic E-state index is 0.323. The van der Waals surface area contributed by atoms with Crippen molar-refractivity contribution in [3.63, 3.8) is 0 Å². The Kier molecular flexibility index (Phi) is 11.8. The summed E-state index contributed by atoms with van der Waals surface area (Å²) in [6, 6.07) is 12.0. The molecule has 2 fully saturated rings. The molecule has 2 heterocycles. The largest absolute Gasteiger partial charge is 0.320 e. The summed E-state index contributed by atoms with van der Waals surface area (Å²) in [6.07, 6.45) is 1.78. The van der Waals surface area contributed by atoms with Gasteiger partial charge >= 0.3 is 6.07 Å². The Morgan fingerprint density at radius 1 is 0.656 bits per heavy atom. The molecule has 0 amide bonds. The maximum absolute atomic E-state index is 8.95. The monoisotopic (exact) mass is 440 g/mol.